The number of allylic oxidation sites excluding steroid dienone is 6. The normalized spacial score (nSPS) is 27.2. The fourth-order valence-electron chi connectivity index (χ4n) is 8.22. The molecule has 7 rings (SSSR count). The summed E-state index contributed by atoms with van der Waals surface area (Å²) in [5.74, 6) is -1.76. The molecular formula is C37H38N2O6. The quantitative estimate of drug-likeness (QED) is 0.287. The van der Waals surface area contributed by atoms with E-state index in [1.807, 2.05) is 30.3 Å². The van der Waals surface area contributed by atoms with Crippen molar-refractivity contribution in [3.05, 3.63) is 100 Å². The molecule has 5 aliphatic rings. The Kier molecular flexibility index (Phi) is 7.88. The highest BCUT2D eigenvalue weighted by molar-refractivity contribution is 6.23. The molecule has 3 aliphatic carbocycles. The third-order valence-corrected chi connectivity index (χ3v) is 10.3. The van der Waals surface area contributed by atoms with Crippen LogP contribution in [0.3, 0.4) is 0 Å². The zero-order chi connectivity index (χ0) is 31.2. The van der Waals surface area contributed by atoms with Crippen LogP contribution in [0.25, 0.3) is 0 Å². The number of benzene rings is 2. The number of piperidine rings is 1. The molecule has 0 saturated carbocycles. The second-order valence-electron chi connectivity index (χ2n) is 12.9. The van der Waals surface area contributed by atoms with Crippen molar-refractivity contribution in [1.29, 1.82) is 0 Å². The minimum atomic E-state index is -0.543. The number of aliphatic hydroxyl groups excluding tert-OH is 1. The molecule has 2 aromatic carbocycles. The molecule has 1 N–H and O–H groups in total. The Balaban J connectivity index is 1.16. The van der Waals surface area contributed by atoms with Crippen LogP contribution in [-0.4, -0.2) is 70.6 Å². The monoisotopic (exact) mass is 606 g/mol. The van der Waals surface area contributed by atoms with Crippen LogP contribution >= 0.6 is 0 Å². The molecule has 0 unspecified atom stereocenters. The van der Waals surface area contributed by atoms with Gasteiger partial charge in [-0.05, 0) is 67.9 Å². The molecule has 8 nitrogen and oxygen atoms in total. The van der Waals surface area contributed by atoms with Gasteiger partial charge in [0.25, 0.3) is 0 Å². The third kappa shape index (κ3) is 5.20. The first-order chi connectivity index (χ1) is 21.9. The molecule has 8 heteroatoms. The van der Waals surface area contributed by atoms with Gasteiger partial charge in [0.05, 0.1) is 18.4 Å². The van der Waals surface area contributed by atoms with Crippen molar-refractivity contribution in [2.24, 2.45) is 17.8 Å². The molecule has 0 radical (unpaired) electrons. The fourth-order valence-corrected chi connectivity index (χ4v) is 8.22. The van der Waals surface area contributed by atoms with Crippen LogP contribution in [0.4, 0.5) is 0 Å². The van der Waals surface area contributed by atoms with E-state index >= 15 is 0 Å². The van der Waals surface area contributed by atoms with Gasteiger partial charge in [-0.15, -0.1) is 0 Å². The molecule has 2 amide bonds. The highest BCUT2D eigenvalue weighted by atomic mass is 16.5. The second kappa shape index (κ2) is 12.0. The van der Waals surface area contributed by atoms with E-state index in [-0.39, 0.29) is 55.0 Å². The predicted octanol–water partition coefficient (Wildman–Crippen LogP) is 4.15. The van der Waals surface area contributed by atoms with Gasteiger partial charge in [-0.2, -0.15) is 0 Å². The van der Waals surface area contributed by atoms with Gasteiger partial charge in [0.2, 0.25) is 11.8 Å². The lowest BCUT2D eigenvalue weighted by Gasteiger charge is -2.42. The Labute approximate surface area is 263 Å². The van der Waals surface area contributed by atoms with Gasteiger partial charge in [0.15, 0.2) is 11.6 Å². The van der Waals surface area contributed by atoms with E-state index in [1.165, 1.54) is 11.6 Å². The maximum absolute atomic E-state index is 14.3. The largest absolute Gasteiger partial charge is 0.491 e. The van der Waals surface area contributed by atoms with Crippen molar-refractivity contribution in [2.45, 2.75) is 51.1 Å². The maximum Gasteiger partial charge on any atom is 0.233 e. The summed E-state index contributed by atoms with van der Waals surface area (Å²) in [4.78, 5) is 59.1. The number of Topliss-reactive ketones (excluding diaryl/α,β-unsaturated/α-hetero) is 1. The molecule has 45 heavy (non-hydrogen) atoms. The SMILES string of the molecule is CC1=CC(=O)C2=C(C1=O)[C@@H](c1ccc(OCCO)cc1)C1=CC[C@@H]3C(=O)N(C4CCN(Cc5ccccc5)CC4)C(=O)[C@@H]3[C@@H]1C2. The van der Waals surface area contributed by atoms with Crippen molar-refractivity contribution < 1.29 is 29.0 Å². The van der Waals surface area contributed by atoms with Crippen molar-refractivity contribution in [2.75, 3.05) is 26.3 Å². The summed E-state index contributed by atoms with van der Waals surface area (Å²) < 4.78 is 5.56. The first-order valence-corrected chi connectivity index (χ1v) is 16.0. The molecule has 232 valence electrons. The van der Waals surface area contributed by atoms with Crippen LogP contribution in [-0.2, 0) is 25.7 Å². The molecule has 4 atom stereocenters. The molecule has 0 aromatic heterocycles. The molecule has 2 aromatic rings. The standard InChI is InChI=1S/C37H38N2O6/c1-22-19-31(41)30-20-29-27(32(34(30)35(22)42)24-7-9-26(10-8-24)45-18-17-40)11-12-28-33(29)37(44)39(36(28)43)25-13-15-38(16-14-25)21-23-5-3-2-4-6-23/h2-11,19,25,28-29,32-33,40H,12-18,20-21H2,1H3/t28-,29+,32-,33-/m0/s1. The summed E-state index contributed by atoms with van der Waals surface area (Å²) in [7, 11) is 0. The number of nitrogens with zero attached hydrogens (tertiary/aromatic N) is 2. The van der Waals surface area contributed by atoms with Crippen molar-refractivity contribution in [3.63, 3.8) is 0 Å². The minimum absolute atomic E-state index is 0.0923. The van der Waals surface area contributed by atoms with Crippen molar-refractivity contribution >= 4 is 23.4 Å². The number of amides is 2. The minimum Gasteiger partial charge on any atom is -0.491 e. The summed E-state index contributed by atoms with van der Waals surface area (Å²) in [6, 6.07) is 17.6. The van der Waals surface area contributed by atoms with E-state index in [0.29, 0.717) is 28.9 Å². The van der Waals surface area contributed by atoms with Gasteiger partial charge in [0, 0.05) is 48.3 Å². The summed E-state index contributed by atoms with van der Waals surface area (Å²) in [6.45, 7) is 4.23. The van der Waals surface area contributed by atoms with Gasteiger partial charge >= 0.3 is 0 Å². The summed E-state index contributed by atoms with van der Waals surface area (Å²) in [6.07, 6.45) is 5.70. The summed E-state index contributed by atoms with van der Waals surface area (Å²) in [5.41, 5.74) is 4.41. The molecule has 0 spiro atoms. The van der Waals surface area contributed by atoms with Gasteiger partial charge < -0.3 is 9.84 Å². The number of fused-ring (bicyclic) bond motifs is 3. The first kappa shape index (κ1) is 29.6. The zero-order valence-corrected chi connectivity index (χ0v) is 25.5. The molecule has 2 saturated heterocycles. The number of aliphatic hydroxyl groups is 1. The average Bonchev–Trinajstić information content (AvgIpc) is 3.32. The van der Waals surface area contributed by atoms with E-state index in [9.17, 15) is 19.2 Å². The number of hydrogen-bond donors (Lipinski definition) is 1. The predicted molar refractivity (Wildman–Crippen MR) is 167 cm³/mol. The highest BCUT2D eigenvalue weighted by Crippen LogP contribution is 2.55. The van der Waals surface area contributed by atoms with Gasteiger partial charge in [-0.1, -0.05) is 54.1 Å². The van der Waals surface area contributed by atoms with Crippen molar-refractivity contribution in [3.8, 4) is 5.75 Å². The van der Waals surface area contributed by atoms with E-state index < -0.39 is 17.8 Å². The molecular weight excluding hydrogens is 568 g/mol. The Hall–Kier alpha value is -4.14. The first-order valence-electron chi connectivity index (χ1n) is 16.0. The van der Waals surface area contributed by atoms with Crippen LogP contribution in [0.5, 0.6) is 5.75 Å². The lowest BCUT2D eigenvalue weighted by Crippen LogP contribution is -2.47. The number of carbonyl (C=O) groups is 4. The Morgan fingerprint density at radius 3 is 2.36 bits per heavy atom. The average molecular weight is 607 g/mol. The Morgan fingerprint density at radius 1 is 0.911 bits per heavy atom. The van der Waals surface area contributed by atoms with Crippen LogP contribution in [0, 0.1) is 17.8 Å². The second-order valence-corrected chi connectivity index (χ2v) is 12.9. The molecule has 0 bridgehead atoms. The summed E-state index contributed by atoms with van der Waals surface area (Å²) >= 11 is 0. The topological polar surface area (TPSA) is 104 Å². The lowest BCUT2D eigenvalue weighted by atomic mass is 9.59. The van der Waals surface area contributed by atoms with Crippen LogP contribution in [0.15, 0.2) is 89.0 Å². The molecule has 2 heterocycles. The number of hydrogen-bond acceptors (Lipinski definition) is 7. The van der Waals surface area contributed by atoms with E-state index in [4.69, 9.17) is 9.84 Å². The molecule has 2 aliphatic heterocycles. The number of rotatable bonds is 7. The number of ether oxygens (including phenoxy) is 1. The zero-order valence-electron chi connectivity index (χ0n) is 25.5. The number of ketones is 2. The van der Waals surface area contributed by atoms with E-state index in [1.54, 1.807) is 24.0 Å². The van der Waals surface area contributed by atoms with Gasteiger partial charge in [0.1, 0.15) is 12.4 Å². The molecule has 2 fully saturated rings. The maximum atomic E-state index is 14.3. The highest BCUT2D eigenvalue weighted by Gasteiger charge is 2.57. The number of imide groups is 1. The van der Waals surface area contributed by atoms with Crippen LogP contribution in [0.1, 0.15) is 49.7 Å². The lowest BCUT2D eigenvalue weighted by molar-refractivity contribution is -0.144. The fraction of sp³-hybridized carbons (Fsp3) is 0.405. The van der Waals surface area contributed by atoms with E-state index in [2.05, 4.69) is 23.1 Å². The van der Waals surface area contributed by atoms with Crippen LogP contribution < -0.4 is 4.74 Å². The number of likely N-dealkylation sites (tertiary alicyclic amines) is 2. The third-order valence-electron chi connectivity index (χ3n) is 10.3. The van der Waals surface area contributed by atoms with Gasteiger partial charge in [-0.3, -0.25) is 29.0 Å². The van der Waals surface area contributed by atoms with Gasteiger partial charge in [-0.25, -0.2) is 0 Å². The number of carbonyl (C=O) groups excluding carboxylic acids is 4. The van der Waals surface area contributed by atoms with Crippen LogP contribution in [0.2, 0.25) is 0 Å². The smallest absolute Gasteiger partial charge is 0.233 e. The Bertz CT molecular complexity index is 1630. The Morgan fingerprint density at radius 2 is 1.64 bits per heavy atom. The summed E-state index contributed by atoms with van der Waals surface area (Å²) in [5, 5.41) is 9.14. The van der Waals surface area contributed by atoms with E-state index in [0.717, 1.165) is 43.6 Å². The van der Waals surface area contributed by atoms with Crippen molar-refractivity contribution in [1.82, 2.24) is 9.80 Å².